The molecule has 0 atom stereocenters. The van der Waals surface area contributed by atoms with Gasteiger partial charge in [0.15, 0.2) is 0 Å². The van der Waals surface area contributed by atoms with Crippen molar-refractivity contribution < 1.29 is 9.21 Å². The van der Waals surface area contributed by atoms with Crippen LogP contribution in [0.3, 0.4) is 0 Å². The van der Waals surface area contributed by atoms with Gasteiger partial charge in [-0.05, 0) is 60.6 Å². The van der Waals surface area contributed by atoms with Gasteiger partial charge in [0.1, 0.15) is 0 Å². The Morgan fingerprint density at radius 2 is 1.79 bits per heavy atom. The number of fused-ring (bicyclic) bond motifs is 1. The van der Waals surface area contributed by atoms with Crippen molar-refractivity contribution in [1.82, 2.24) is 15.1 Å². The average Bonchev–Trinajstić information content (AvgIpc) is 3.26. The first-order valence-electron chi connectivity index (χ1n) is 9.94. The minimum Gasteiger partial charge on any atom is -0.472 e. The van der Waals surface area contributed by atoms with Crippen LogP contribution >= 0.6 is 0 Å². The minimum absolute atomic E-state index is 0.000751. The molecule has 1 fully saturated rings. The van der Waals surface area contributed by atoms with Crippen LogP contribution in [0.1, 0.15) is 16.8 Å². The number of nitrogens with zero attached hydrogens (tertiary/aromatic N) is 2. The van der Waals surface area contributed by atoms with Gasteiger partial charge in [-0.15, -0.1) is 0 Å². The number of benzene rings is 2. The van der Waals surface area contributed by atoms with Gasteiger partial charge in [0, 0.05) is 43.9 Å². The van der Waals surface area contributed by atoms with E-state index in [4.69, 9.17) is 4.42 Å². The van der Waals surface area contributed by atoms with E-state index in [0.29, 0.717) is 12.1 Å². The first-order chi connectivity index (χ1) is 13.7. The Labute approximate surface area is 165 Å². The highest BCUT2D eigenvalue weighted by Gasteiger charge is 2.13. The summed E-state index contributed by atoms with van der Waals surface area (Å²) >= 11 is 0. The summed E-state index contributed by atoms with van der Waals surface area (Å²) in [5.41, 5.74) is 2.88. The van der Waals surface area contributed by atoms with Crippen LogP contribution in [0.2, 0.25) is 0 Å². The second kappa shape index (κ2) is 8.59. The lowest BCUT2D eigenvalue weighted by atomic mass is 10.0. The van der Waals surface area contributed by atoms with Crippen LogP contribution in [-0.4, -0.2) is 62.0 Å². The van der Waals surface area contributed by atoms with Gasteiger partial charge in [-0.25, -0.2) is 0 Å². The van der Waals surface area contributed by atoms with Gasteiger partial charge in [0.2, 0.25) is 0 Å². The third kappa shape index (κ3) is 4.43. The molecule has 4 rings (SSSR count). The highest BCUT2D eigenvalue weighted by atomic mass is 16.3. The Morgan fingerprint density at radius 3 is 2.57 bits per heavy atom. The maximum Gasteiger partial charge on any atom is 0.251 e. The molecular weight excluding hydrogens is 350 g/mol. The van der Waals surface area contributed by atoms with E-state index in [1.165, 1.54) is 0 Å². The number of amides is 1. The molecule has 1 aromatic heterocycles. The molecule has 1 aliphatic rings. The fourth-order valence-electron chi connectivity index (χ4n) is 3.67. The molecule has 5 heteroatoms. The lowest BCUT2D eigenvalue weighted by Gasteiger charge is -2.32. The van der Waals surface area contributed by atoms with Gasteiger partial charge < -0.3 is 19.5 Å². The number of carbonyl (C=O) groups is 1. The normalized spacial score (nSPS) is 15.8. The summed E-state index contributed by atoms with van der Waals surface area (Å²) in [7, 11) is 2.17. The zero-order valence-corrected chi connectivity index (χ0v) is 16.4. The van der Waals surface area contributed by atoms with E-state index < -0.39 is 0 Å². The topological polar surface area (TPSA) is 48.7 Å². The molecule has 1 saturated heterocycles. The predicted octanol–water partition coefficient (Wildman–Crippen LogP) is 3.47. The molecule has 0 spiro atoms. The van der Waals surface area contributed by atoms with Crippen molar-refractivity contribution in [3.05, 3.63) is 60.6 Å². The molecule has 2 aromatic carbocycles. The number of carbonyl (C=O) groups excluding carboxylic acids is 1. The fraction of sp³-hybridized carbons (Fsp3) is 0.348. The maximum absolute atomic E-state index is 12.5. The molecule has 146 valence electrons. The summed E-state index contributed by atoms with van der Waals surface area (Å²) in [5, 5.41) is 5.24. The van der Waals surface area contributed by atoms with E-state index in [-0.39, 0.29) is 5.91 Å². The van der Waals surface area contributed by atoms with Crippen molar-refractivity contribution in [2.24, 2.45) is 0 Å². The first kappa shape index (κ1) is 18.7. The van der Waals surface area contributed by atoms with E-state index in [1.807, 2.05) is 24.3 Å². The van der Waals surface area contributed by atoms with Crippen molar-refractivity contribution in [3.8, 4) is 11.1 Å². The molecule has 28 heavy (non-hydrogen) atoms. The van der Waals surface area contributed by atoms with Gasteiger partial charge >= 0.3 is 0 Å². The molecule has 1 N–H and O–H groups in total. The van der Waals surface area contributed by atoms with Crippen molar-refractivity contribution in [2.75, 3.05) is 46.3 Å². The van der Waals surface area contributed by atoms with E-state index >= 15 is 0 Å². The van der Waals surface area contributed by atoms with E-state index in [2.05, 4.69) is 40.4 Å². The molecule has 0 saturated carbocycles. The lowest BCUT2D eigenvalue weighted by Crippen LogP contribution is -2.45. The third-order valence-corrected chi connectivity index (χ3v) is 5.49. The van der Waals surface area contributed by atoms with E-state index in [0.717, 1.165) is 61.0 Å². The van der Waals surface area contributed by atoms with Gasteiger partial charge in [0.25, 0.3) is 5.91 Å². The largest absolute Gasteiger partial charge is 0.472 e. The second-order valence-electron chi connectivity index (χ2n) is 7.54. The predicted molar refractivity (Wildman–Crippen MR) is 113 cm³/mol. The highest BCUT2D eigenvalue weighted by Crippen LogP contribution is 2.25. The summed E-state index contributed by atoms with van der Waals surface area (Å²) < 4.78 is 5.16. The summed E-state index contributed by atoms with van der Waals surface area (Å²) in [5.74, 6) is -0.000751. The van der Waals surface area contributed by atoms with Gasteiger partial charge in [-0.3, -0.25) is 4.79 Å². The summed E-state index contributed by atoms with van der Waals surface area (Å²) in [6.45, 7) is 6.26. The SMILES string of the molecule is CN1CCN(CCCNC(=O)c2ccc3cc(-c4ccoc4)ccc3c2)CC1. The Hall–Kier alpha value is -2.63. The number of nitrogens with one attached hydrogen (secondary N) is 1. The number of rotatable bonds is 6. The zero-order chi connectivity index (χ0) is 19.3. The van der Waals surface area contributed by atoms with Crippen LogP contribution in [0, 0.1) is 0 Å². The third-order valence-electron chi connectivity index (χ3n) is 5.49. The zero-order valence-electron chi connectivity index (χ0n) is 16.4. The molecule has 0 radical (unpaired) electrons. The van der Waals surface area contributed by atoms with Crippen LogP contribution < -0.4 is 5.32 Å². The standard InChI is InChI=1S/C23H27N3O2/c1-25-10-12-26(13-11-25)9-2-8-24-23(27)21-6-5-18-15-20(4-3-19(18)16-21)22-7-14-28-17-22/h3-7,14-17H,2,8-13H2,1H3,(H,24,27). The number of hydrogen-bond acceptors (Lipinski definition) is 4. The highest BCUT2D eigenvalue weighted by molar-refractivity contribution is 5.99. The maximum atomic E-state index is 12.5. The van der Waals surface area contributed by atoms with Crippen molar-refractivity contribution in [3.63, 3.8) is 0 Å². The lowest BCUT2D eigenvalue weighted by molar-refractivity contribution is 0.0949. The molecule has 0 bridgehead atoms. The van der Waals surface area contributed by atoms with Crippen LogP contribution in [0.5, 0.6) is 0 Å². The quantitative estimate of drug-likeness (QED) is 0.669. The molecule has 0 unspecified atom stereocenters. The molecular formula is C23H27N3O2. The van der Waals surface area contributed by atoms with Crippen LogP contribution in [0.15, 0.2) is 59.4 Å². The Kier molecular flexibility index (Phi) is 5.74. The van der Waals surface area contributed by atoms with Crippen LogP contribution in [0.25, 0.3) is 21.9 Å². The molecule has 1 amide bonds. The van der Waals surface area contributed by atoms with Crippen LogP contribution in [0.4, 0.5) is 0 Å². The number of piperazine rings is 1. The van der Waals surface area contributed by atoms with Crippen molar-refractivity contribution >= 4 is 16.7 Å². The van der Waals surface area contributed by atoms with Crippen molar-refractivity contribution in [2.45, 2.75) is 6.42 Å². The van der Waals surface area contributed by atoms with Gasteiger partial charge in [-0.2, -0.15) is 0 Å². The Morgan fingerprint density at radius 1 is 1.00 bits per heavy atom. The average molecular weight is 377 g/mol. The Balaban J connectivity index is 1.32. The van der Waals surface area contributed by atoms with E-state index in [1.54, 1.807) is 12.5 Å². The minimum atomic E-state index is -0.000751. The van der Waals surface area contributed by atoms with Crippen molar-refractivity contribution in [1.29, 1.82) is 0 Å². The molecule has 5 nitrogen and oxygen atoms in total. The molecule has 0 aliphatic carbocycles. The molecule has 2 heterocycles. The molecule has 1 aliphatic heterocycles. The summed E-state index contributed by atoms with van der Waals surface area (Å²) in [6, 6.07) is 14.1. The fourth-order valence-corrected chi connectivity index (χ4v) is 3.67. The first-order valence-corrected chi connectivity index (χ1v) is 9.94. The number of likely N-dealkylation sites (N-methyl/N-ethyl adjacent to an activating group) is 1. The number of furan rings is 1. The van der Waals surface area contributed by atoms with E-state index in [9.17, 15) is 4.79 Å². The number of hydrogen-bond donors (Lipinski definition) is 1. The second-order valence-corrected chi connectivity index (χ2v) is 7.54. The van der Waals surface area contributed by atoms with Gasteiger partial charge in [0.05, 0.1) is 12.5 Å². The Bertz CT molecular complexity index is 928. The smallest absolute Gasteiger partial charge is 0.251 e. The summed E-state index contributed by atoms with van der Waals surface area (Å²) in [6.07, 6.45) is 4.40. The monoisotopic (exact) mass is 377 g/mol. The molecule has 3 aromatic rings. The van der Waals surface area contributed by atoms with Gasteiger partial charge in [-0.1, -0.05) is 18.2 Å². The van der Waals surface area contributed by atoms with Crippen LogP contribution in [-0.2, 0) is 0 Å². The summed E-state index contributed by atoms with van der Waals surface area (Å²) in [4.78, 5) is 17.3.